The number of aryl methyl sites for hydroxylation is 1. The van der Waals surface area contributed by atoms with Crippen LogP contribution in [0, 0.1) is 12.8 Å². The third-order valence-corrected chi connectivity index (χ3v) is 2.85. The number of nitrogens with two attached hydrogens (primary N) is 1. The summed E-state index contributed by atoms with van der Waals surface area (Å²) in [5, 5.41) is 0. The van der Waals surface area contributed by atoms with E-state index < -0.39 is 6.04 Å². The van der Waals surface area contributed by atoms with Crippen molar-refractivity contribution in [1.29, 1.82) is 0 Å². The minimum Gasteiger partial charge on any atom is -0.320 e. The van der Waals surface area contributed by atoms with Crippen molar-refractivity contribution in [2.75, 3.05) is 11.9 Å². The largest absolute Gasteiger partial charge is 0.320 e. The molecule has 0 bridgehead atoms. The van der Waals surface area contributed by atoms with Crippen LogP contribution in [0.25, 0.3) is 0 Å². The van der Waals surface area contributed by atoms with E-state index in [0.717, 1.165) is 17.7 Å². The summed E-state index contributed by atoms with van der Waals surface area (Å²) in [4.78, 5) is 13.8. The number of nitrogens with zero attached hydrogens (tertiary/aromatic N) is 1. The van der Waals surface area contributed by atoms with E-state index in [9.17, 15) is 4.79 Å². The standard InChI is InChI=1S/C14H22N2O/c1-10(2)9-12(15)14(17)16(4)13-8-6-5-7-11(13)3/h5-8,10,12H,9,15H2,1-4H3/t12-/m0/s1. The zero-order chi connectivity index (χ0) is 13.0. The molecule has 0 fully saturated rings. The van der Waals surface area contributed by atoms with Crippen LogP contribution in [0.3, 0.4) is 0 Å². The van der Waals surface area contributed by atoms with E-state index in [1.165, 1.54) is 0 Å². The average Bonchev–Trinajstić information content (AvgIpc) is 2.27. The Morgan fingerprint density at radius 3 is 2.47 bits per heavy atom. The molecule has 1 amide bonds. The fourth-order valence-electron chi connectivity index (χ4n) is 1.92. The van der Waals surface area contributed by atoms with Crippen LogP contribution in [0.5, 0.6) is 0 Å². The molecule has 0 saturated carbocycles. The number of para-hydroxylation sites is 1. The highest BCUT2D eigenvalue weighted by molar-refractivity contribution is 5.97. The molecule has 1 aromatic carbocycles. The number of carbonyl (C=O) groups excluding carboxylic acids is 1. The monoisotopic (exact) mass is 234 g/mol. The first-order chi connectivity index (χ1) is 7.93. The summed E-state index contributed by atoms with van der Waals surface area (Å²) in [7, 11) is 1.78. The molecule has 94 valence electrons. The van der Waals surface area contributed by atoms with Crippen LogP contribution in [0.2, 0.25) is 0 Å². The quantitative estimate of drug-likeness (QED) is 0.869. The topological polar surface area (TPSA) is 46.3 Å². The van der Waals surface area contributed by atoms with Crippen molar-refractivity contribution in [3.05, 3.63) is 29.8 Å². The lowest BCUT2D eigenvalue weighted by molar-refractivity contribution is -0.119. The smallest absolute Gasteiger partial charge is 0.243 e. The third-order valence-electron chi connectivity index (χ3n) is 2.85. The lowest BCUT2D eigenvalue weighted by atomic mass is 10.0. The minimum atomic E-state index is -0.417. The van der Waals surface area contributed by atoms with Crippen molar-refractivity contribution < 1.29 is 4.79 Å². The number of likely N-dealkylation sites (N-methyl/N-ethyl adjacent to an activating group) is 1. The maximum atomic E-state index is 12.1. The first kappa shape index (κ1) is 13.7. The summed E-state index contributed by atoms with van der Waals surface area (Å²) >= 11 is 0. The molecule has 0 saturated heterocycles. The molecule has 0 aliphatic heterocycles. The van der Waals surface area contributed by atoms with Crippen molar-refractivity contribution in [2.24, 2.45) is 11.7 Å². The third kappa shape index (κ3) is 3.56. The lowest BCUT2D eigenvalue weighted by Crippen LogP contribution is -2.42. The van der Waals surface area contributed by atoms with Gasteiger partial charge in [-0.2, -0.15) is 0 Å². The second kappa shape index (κ2) is 5.82. The second-order valence-electron chi connectivity index (χ2n) is 4.92. The fraction of sp³-hybridized carbons (Fsp3) is 0.500. The molecule has 3 heteroatoms. The Morgan fingerprint density at radius 1 is 1.35 bits per heavy atom. The number of hydrogen-bond donors (Lipinski definition) is 1. The molecule has 0 aliphatic carbocycles. The van der Waals surface area contributed by atoms with Gasteiger partial charge in [-0.05, 0) is 30.9 Å². The van der Waals surface area contributed by atoms with Crippen LogP contribution in [0.4, 0.5) is 5.69 Å². The number of carbonyl (C=O) groups is 1. The van der Waals surface area contributed by atoms with Crippen molar-refractivity contribution >= 4 is 11.6 Å². The van der Waals surface area contributed by atoms with Gasteiger partial charge in [0, 0.05) is 12.7 Å². The van der Waals surface area contributed by atoms with Crippen LogP contribution in [-0.2, 0) is 4.79 Å². The van der Waals surface area contributed by atoms with Gasteiger partial charge in [-0.15, -0.1) is 0 Å². The molecule has 0 spiro atoms. The highest BCUT2D eigenvalue weighted by Gasteiger charge is 2.20. The number of benzene rings is 1. The number of hydrogen-bond acceptors (Lipinski definition) is 2. The first-order valence-electron chi connectivity index (χ1n) is 6.02. The van der Waals surface area contributed by atoms with Gasteiger partial charge < -0.3 is 10.6 Å². The highest BCUT2D eigenvalue weighted by atomic mass is 16.2. The summed E-state index contributed by atoms with van der Waals surface area (Å²) in [6.07, 6.45) is 0.717. The van der Waals surface area contributed by atoms with Crippen molar-refractivity contribution in [3.63, 3.8) is 0 Å². The average molecular weight is 234 g/mol. The minimum absolute atomic E-state index is 0.0204. The van der Waals surface area contributed by atoms with E-state index in [-0.39, 0.29) is 5.91 Å². The van der Waals surface area contributed by atoms with E-state index in [0.29, 0.717) is 5.92 Å². The normalized spacial score (nSPS) is 12.6. The molecule has 0 heterocycles. The summed E-state index contributed by atoms with van der Waals surface area (Å²) in [6.45, 7) is 6.13. The van der Waals surface area contributed by atoms with Gasteiger partial charge in [0.15, 0.2) is 0 Å². The number of anilines is 1. The van der Waals surface area contributed by atoms with Gasteiger partial charge in [0.2, 0.25) is 5.91 Å². The van der Waals surface area contributed by atoms with E-state index in [1.54, 1.807) is 11.9 Å². The number of amides is 1. The Bertz CT molecular complexity index is 388. The molecule has 0 aromatic heterocycles. The molecule has 1 aromatic rings. The molecule has 3 nitrogen and oxygen atoms in total. The predicted molar refractivity (Wildman–Crippen MR) is 72.0 cm³/mol. The fourth-order valence-corrected chi connectivity index (χ4v) is 1.92. The molecule has 0 aliphatic rings. The van der Waals surface area contributed by atoms with Crippen LogP contribution in [0.15, 0.2) is 24.3 Å². The van der Waals surface area contributed by atoms with E-state index in [4.69, 9.17) is 5.73 Å². The zero-order valence-corrected chi connectivity index (χ0v) is 11.1. The SMILES string of the molecule is Cc1ccccc1N(C)C(=O)[C@@H](N)CC(C)C. The highest BCUT2D eigenvalue weighted by Crippen LogP contribution is 2.19. The van der Waals surface area contributed by atoms with Crippen molar-refractivity contribution in [3.8, 4) is 0 Å². The molecule has 2 N–H and O–H groups in total. The maximum absolute atomic E-state index is 12.1. The Balaban J connectivity index is 2.80. The van der Waals surface area contributed by atoms with Gasteiger partial charge in [0.05, 0.1) is 6.04 Å². The molecule has 0 unspecified atom stereocenters. The van der Waals surface area contributed by atoms with Gasteiger partial charge in [-0.25, -0.2) is 0 Å². The summed E-state index contributed by atoms with van der Waals surface area (Å²) < 4.78 is 0. The predicted octanol–water partition coefficient (Wildman–Crippen LogP) is 2.33. The van der Waals surface area contributed by atoms with Crippen LogP contribution in [-0.4, -0.2) is 19.0 Å². The first-order valence-corrected chi connectivity index (χ1v) is 6.02. The Hall–Kier alpha value is -1.35. The van der Waals surface area contributed by atoms with E-state index in [1.807, 2.05) is 31.2 Å². The van der Waals surface area contributed by atoms with Crippen molar-refractivity contribution in [1.82, 2.24) is 0 Å². The lowest BCUT2D eigenvalue weighted by Gasteiger charge is -2.23. The zero-order valence-electron chi connectivity index (χ0n) is 11.1. The molecule has 1 rings (SSSR count). The van der Waals surface area contributed by atoms with Gasteiger partial charge in [0.1, 0.15) is 0 Å². The Kier molecular flexibility index (Phi) is 4.70. The van der Waals surface area contributed by atoms with E-state index in [2.05, 4.69) is 13.8 Å². The van der Waals surface area contributed by atoms with Crippen LogP contribution < -0.4 is 10.6 Å². The Morgan fingerprint density at radius 2 is 1.94 bits per heavy atom. The summed E-state index contributed by atoms with van der Waals surface area (Å²) in [5.41, 5.74) is 7.93. The molecular formula is C14H22N2O. The van der Waals surface area contributed by atoms with Gasteiger partial charge in [0.25, 0.3) is 0 Å². The molecule has 0 radical (unpaired) electrons. The Labute approximate surface area is 104 Å². The van der Waals surface area contributed by atoms with Crippen LogP contribution >= 0.6 is 0 Å². The van der Waals surface area contributed by atoms with E-state index >= 15 is 0 Å². The summed E-state index contributed by atoms with van der Waals surface area (Å²) in [5.74, 6) is 0.409. The van der Waals surface area contributed by atoms with Crippen LogP contribution in [0.1, 0.15) is 25.8 Å². The summed E-state index contributed by atoms with van der Waals surface area (Å²) in [6, 6.07) is 7.41. The van der Waals surface area contributed by atoms with Gasteiger partial charge in [-0.3, -0.25) is 4.79 Å². The van der Waals surface area contributed by atoms with Crippen molar-refractivity contribution in [2.45, 2.75) is 33.2 Å². The van der Waals surface area contributed by atoms with Gasteiger partial charge >= 0.3 is 0 Å². The molecule has 1 atom stereocenters. The molecule has 17 heavy (non-hydrogen) atoms. The number of rotatable bonds is 4. The second-order valence-corrected chi connectivity index (χ2v) is 4.92. The maximum Gasteiger partial charge on any atom is 0.243 e. The van der Waals surface area contributed by atoms with Gasteiger partial charge in [-0.1, -0.05) is 32.0 Å². The molecular weight excluding hydrogens is 212 g/mol.